The molecule has 0 aromatic carbocycles. The molecule has 0 saturated heterocycles. The third-order valence-corrected chi connectivity index (χ3v) is 3.17. The second kappa shape index (κ2) is 5.13. The molecule has 17 heavy (non-hydrogen) atoms. The van der Waals surface area contributed by atoms with E-state index in [0.717, 1.165) is 28.7 Å². The number of rotatable bonds is 4. The molecular formula is C10H14N6S. The summed E-state index contributed by atoms with van der Waals surface area (Å²) >= 11 is 1.44. The maximum Gasteiger partial charge on any atom is 0.214 e. The molecule has 0 saturated carbocycles. The summed E-state index contributed by atoms with van der Waals surface area (Å²) in [5, 5.41) is 11.5. The van der Waals surface area contributed by atoms with Crippen molar-refractivity contribution in [2.45, 2.75) is 30.5 Å². The second-order valence-corrected chi connectivity index (χ2v) is 4.37. The molecule has 0 unspecified atom stereocenters. The highest BCUT2D eigenvalue weighted by atomic mass is 32.2. The van der Waals surface area contributed by atoms with Crippen LogP contribution in [0, 0.1) is 6.92 Å². The molecule has 0 atom stereocenters. The highest BCUT2D eigenvalue weighted by molar-refractivity contribution is 7.99. The van der Waals surface area contributed by atoms with Gasteiger partial charge in [-0.3, -0.25) is 5.10 Å². The lowest BCUT2D eigenvalue weighted by atomic mass is 10.2. The fraction of sp³-hybridized carbons (Fsp3) is 0.400. The number of nitrogens with zero attached hydrogens (tertiary/aromatic N) is 4. The van der Waals surface area contributed by atoms with Crippen molar-refractivity contribution in [2.24, 2.45) is 0 Å². The van der Waals surface area contributed by atoms with Crippen LogP contribution in [0.2, 0.25) is 0 Å². The Morgan fingerprint density at radius 2 is 2.24 bits per heavy atom. The van der Waals surface area contributed by atoms with Crippen LogP contribution in [0.25, 0.3) is 0 Å². The van der Waals surface area contributed by atoms with Crippen LogP contribution in [0.5, 0.6) is 0 Å². The Labute approximate surface area is 104 Å². The first-order chi connectivity index (χ1) is 8.24. The van der Waals surface area contributed by atoms with Crippen molar-refractivity contribution in [1.29, 1.82) is 0 Å². The van der Waals surface area contributed by atoms with Crippen molar-refractivity contribution in [1.82, 2.24) is 25.1 Å². The first-order valence-corrected chi connectivity index (χ1v) is 6.14. The van der Waals surface area contributed by atoms with Crippen molar-refractivity contribution in [3.8, 4) is 0 Å². The van der Waals surface area contributed by atoms with Crippen LogP contribution in [0.1, 0.15) is 18.3 Å². The number of H-pyrrole nitrogens is 1. The number of nitrogens with one attached hydrogen (secondary N) is 2. The van der Waals surface area contributed by atoms with Gasteiger partial charge in [-0.1, -0.05) is 6.92 Å². The maximum absolute atomic E-state index is 4.28. The van der Waals surface area contributed by atoms with Gasteiger partial charge in [0, 0.05) is 12.6 Å². The Hall–Kier alpha value is -1.63. The summed E-state index contributed by atoms with van der Waals surface area (Å²) in [5.41, 5.74) is 1.09. The predicted molar refractivity (Wildman–Crippen MR) is 66.2 cm³/mol. The standard InChI is InChI=1S/C10H14N6S/c1-4-7-8(11-3)12-5-13-9(7)17-10-14-6(2)15-16-10/h5H,4H2,1-3H3,(H,11,12,13)(H,14,15,16). The Morgan fingerprint density at radius 3 is 2.82 bits per heavy atom. The summed E-state index contributed by atoms with van der Waals surface area (Å²) in [6.45, 7) is 3.95. The van der Waals surface area contributed by atoms with Gasteiger partial charge in [0.2, 0.25) is 5.16 Å². The van der Waals surface area contributed by atoms with E-state index in [1.165, 1.54) is 11.8 Å². The van der Waals surface area contributed by atoms with Gasteiger partial charge in [0.25, 0.3) is 0 Å². The molecule has 6 nitrogen and oxygen atoms in total. The van der Waals surface area contributed by atoms with E-state index in [2.05, 4.69) is 37.4 Å². The number of hydrogen-bond acceptors (Lipinski definition) is 6. The first kappa shape index (κ1) is 11.8. The van der Waals surface area contributed by atoms with Crippen LogP contribution in [-0.4, -0.2) is 32.2 Å². The summed E-state index contributed by atoms with van der Waals surface area (Å²) in [7, 11) is 1.85. The van der Waals surface area contributed by atoms with Crippen LogP contribution >= 0.6 is 11.8 Å². The Bertz CT molecular complexity index is 509. The van der Waals surface area contributed by atoms with Crippen molar-refractivity contribution in [3.63, 3.8) is 0 Å². The quantitative estimate of drug-likeness (QED) is 0.803. The molecule has 2 rings (SSSR count). The van der Waals surface area contributed by atoms with Gasteiger partial charge in [0.15, 0.2) is 0 Å². The van der Waals surface area contributed by atoms with E-state index in [0.29, 0.717) is 5.16 Å². The fourth-order valence-corrected chi connectivity index (χ4v) is 2.38. The van der Waals surface area contributed by atoms with Gasteiger partial charge in [-0.05, 0) is 25.1 Å². The molecule has 2 aromatic heterocycles. The summed E-state index contributed by atoms with van der Waals surface area (Å²) in [5.74, 6) is 1.66. The van der Waals surface area contributed by atoms with Crippen LogP contribution in [0.4, 0.5) is 5.82 Å². The third kappa shape index (κ3) is 2.55. The number of anilines is 1. The van der Waals surface area contributed by atoms with E-state index in [9.17, 15) is 0 Å². The van der Waals surface area contributed by atoms with E-state index in [1.54, 1.807) is 6.33 Å². The van der Waals surface area contributed by atoms with Gasteiger partial charge >= 0.3 is 0 Å². The minimum Gasteiger partial charge on any atom is -0.373 e. The molecule has 2 heterocycles. The average Bonchev–Trinajstić information content (AvgIpc) is 2.74. The van der Waals surface area contributed by atoms with Gasteiger partial charge in [-0.2, -0.15) is 0 Å². The molecule has 0 fully saturated rings. The molecule has 0 aliphatic heterocycles. The minimum absolute atomic E-state index is 0.679. The lowest BCUT2D eigenvalue weighted by Gasteiger charge is -2.08. The SMILES string of the molecule is CCc1c(NC)ncnc1Sc1n[nH]c(C)n1. The molecular weight excluding hydrogens is 236 g/mol. The molecule has 2 N–H and O–H groups in total. The van der Waals surface area contributed by atoms with Crippen molar-refractivity contribution in [3.05, 3.63) is 17.7 Å². The molecule has 0 amide bonds. The minimum atomic E-state index is 0.679. The summed E-state index contributed by atoms with van der Waals surface area (Å²) in [4.78, 5) is 12.7. The van der Waals surface area contributed by atoms with E-state index < -0.39 is 0 Å². The number of aromatic amines is 1. The van der Waals surface area contributed by atoms with E-state index in [1.807, 2.05) is 14.0 Å². The summed E-state index contributed by atoms with van der Waals surface area (Å²) in [6, 6.07) is 0. The second-order valence-electron chi connectivity index (χ2n) is 3.41. The predicted octanol–water partition coefficient (Wildman–Crippen LogP) is 1.66. The zero-order valence-corrected chi connectivity index (χ0v) is 10.8. The third-order valence-electron chi connectivity index (χ3n) is 2.26. The number of aryl methyl sites for hydroxylation is 1. The molecule has 7 heteroatoms. The molecule has 0 aliphatic rings. The Balaban J connectivity index is 2.32. The topological polar surface area (TPSA) is 79.4 Å². The van der Waals surface area contributed by atoms with Crippen LogP contribution < -0.4 is 5.32 Å². The van der Waals surface area contributed by atoms with Crippen LogP contribution in [-0.2, 0) is 6.42 Å². The fourth-order valence-electron chi connectivity index (χ4n) is 1.47. The largest absolute Gasteiger partial charge is 0.373 e. The molecule has 2 aromatic rings. The van der Waals surface area contributed by atoms with Crippen molar-refractivity contribution in [2.75, 3.05) is 12.4 Å². The van der Waals surface area contributed by atoms with Gasteiger partial charge in [-0.15, -0.1) is 5.10 Å². The van der Waals surface area contributed by atoms with Crippen LogP contribution in [0.15, 0.2) is 16.5 Å². The van der Waals surface area contributed by atoms with E-state index in [-0.39, 0.29) is 0 Å². The van der Waals surface area contributed by atoms with Crippen LogP contribution in [0.3, 0.4) is 0 Å². The molecule has 0 bridgehead atoms. The number of hydrogen-bond donors (Lipinski definition) is 2. The Kier molecular flexibility index (Phi) is 3.58. The Morgan fingerprint density at radius 1 is 1.41 bits per heavy atom. The lowest BCUT2D eigenvalue weighted by molar-refractivity contribution is 0.927. The van der Waals surface area contributed by atoms with Gasteiger partial charge in [-0.25, -0.2) is 15.0 Å². The summed E-state index contributed by atoms with van der Waals surface area (Å²) in [6.07, 6.45) is 2.41. The van der Waals surface area contributed by atoms with Crippen molar-refractivity contribution < 1.29 is 0 Å². The number of aromatic nitrogens is 5. The molecule has 90 valence electrons. The van der Waals surface area contributed by atoms with E-state index >= 15 is 0 Å². The highest BCUT2D eigenvalue weighted by Gasteiger charge is 2.12. The zero-order chi connectivity index (χ0) is 12.3. The lowest BCUT2D eigenvalue weighted by Crippen LogP contribution is -2.01. The van der Waals surface area contributed by atoms with E-state index in [4.69, 9.17) is 0 Å². The first-order valence-electron chi connectivity index (χ1n) is 5.33. The van der Waals surface area contributed by atoms with Crippen molar-refractivity contribution >= 4 is 17.6 Å². The molecule has 0 spiro atoms. The maximum atomic E-state index is 4.28. The monoisotopic (exact) mass is 250 g/mol. The normalized spacial score (nSPS) is 10.5. The molecule has 0 aliphatic carbocycles. The highest BCUT2D eigenvalue weighted by Crippen LogP contribution is 2.29. The smallest absolute Gasteiger partial charge is 0.214 e. The summed E-state index contributed by atoms with van der Waals surface area (Å²) < 4.78 is 0. The molecule has 0 radical (unpaired) electrons. The zero-order valence-electron chi connectivity index (χ0n) is 9.98. The van der Waals surface area contributed by atoms with Gasteiger partial charge < -0.3 is 5.32 Å². The van der Waals surface area contributed by atoms with Gasteiger partial charge in [0.1, 0.15) is 23.0 Å². The average molecular weight is 250 g/mol. The van der Waals surface area contributed by atoms with Gasteiger partial charge in [0.05, 0.1) is 0 Å².